The van der Waals surface area contributed by atoms with Crippen molar-refractivity contribution in [3.8, 4) is 0 Å². The van der Waals surface area contributed by atoms with E-state index in [1.807, 2.05) is 0 Å². The van der Waals surface area contributed by atoms with Crippen molar-refractivity contribution in [2.75, 3.05) is 31.6 Å². The van der Waals surface area contributed by atoms with Crippen molar-refractivity contribution in [2.24, 2.45) is 0 Å². The molecule has 6 nitrogen and oxygen atoms in total. The highest BCUT2D eigenvalue weighted by molar-refractivity contribution is 7.99. The van der Waals surface area contributed by atoms with Gasteiger partial charge >= 0.3 is 0 Å². The highest BCUT2D eigenvalue weighted by atomic mass is 32.2. The molecule has 2 heterocycles. The van der Waals surface area contributed by atoms with Crippen molar-refractivity contribution in [3.63, 3.8) is 0 Å². The van der Waals surface area contributed by atoms with Gasteiger partial charge in [-0.25, -0.2) is 0 Å². The second kappa shape index (κ2) is 5.66. The molecule has 0 radical (unpaired) electrons. The molecule has 1 amide bonds. The van der Waals surface area contributed by atoms with Crippen LogP contribution in [0.4, 0.5) is 0 Å². The Balaban J connectivity index is 1.35. The van der Waals surface area contributed by atoms with Gasteiger partial charge in [0.15, 0.2) is 6.23 Å². The van der Waals surface area contributed by atoms with Crippen LogP contribution < -0.4 is 10.6 Å². The standard InChI is InChI=1S/C8H14N2O4S/c11-6(10-8-2-14-8)3-15-5-12-4-9-7-1-13-7/h7-9H,1-5H2,(H,10,11). The van der Waals surface area contributed by atoms with Gasteiger partial charge in [0.25, 0.3) is 0 Å². The Morgan fingerprint density at radius 3 is 2.80 bits per heavy atom. The number of hydrogen-bond acceptors (Lipinski definition) is 6. The SMILES string of the molecule is O=C(CSCOCNC1CO1)NC1CO1. The van der Waals surface area contributed by atoms with E-state index in [1.165, 1.54) is 11.8 Å². The molecule has 0 bridgehead atoms. The Kier molecular flexibility index (Phi) is 4.21. The van der Waals surface area contributed by atoms with Crippen molar-refractivity contribution in [3.05, 3.63) is 0 Å². The van der Waals surface area contributed by atoms with E-state index in [-0.39, 0.29) is 18.4 Å². The van der Waals surface area contributed by atoms with Crippen LogP contribution in [0.5, 0.6) is 0 Å². The van der Waals surface area contributed by atoms with E-state index in [9.17, 15) is 4.79 Å². The maximum Gasteiger partial charge on any atom is 0.232 e. The van der Waals surface area contributed by atoms with E-state index in [0.717, 1.165) is 6.61 Å². The summed E-state index contributed by atoms with van der Waals surface area (Å²) in [4.78, 5) is 11.1. The van der Waals surface area contributed by atoms with Gasteiger partial charge in [0.05, 0.1) is 31.6 Å². The van der Waals surface area contributed by atoms with Crippen LogP contribution >= 0.6 is 11.8 Å². The van der Waals surface area contributed by atoms with Crippen LogP contribution in [0, 0.1) is 0 Å². The topological polar surface area (TPSA) is 75.4 Å². The summed E-state index contributed by atoms with van der Waals surface area (Å²) >= 11 is 1.43. The van der Waals surface area contributed by atoms with Gasteiger partial charge in [-0.2, -0.15) is 0 Å². The molecule has 7 heteroatoms. The van der Waals surface area contributed by atoms with Gasteiger partial charge in [0, 0.05) is 0 Å². The second-order valence-electron chi connectivity index (χ2n) is 3.23. The third kappa shape index (κ3) is 5.33. The molecule has 86 valence electrons. The summed E-state index contributed by atoms with van der Waals surface area (Å²) in [6.45, 7) is 1.86. The van der Waals surface area contributed by atoms with Gasteiger partial charge in [-0.1, -0.05) is 0 Å². The number of carbonyl (C=O) groups excluding carboxylic acids is 1. The molecule has 2 rings (SSSR count). The zero-order chi connectivity index (χ0) is 10.5. The lowest BCUT2D eigenvalue weighted by atomic mass is 10.6. The zero-order valence-electron chi connectivity index (χ0n) is 8.23. The Labute approximate surface area is 92.0 Å². The highest BCUT2D eigenvalue weighted by Crippen LogP contribution is 2.06. The Morgan fingerprint density at radius 2 is 2.13 bits per heavy atom. The second-order valence-corrected chi connectivity index (χ2v) is 4.16. The van der Waals surface area contributed by atoms with Gasteiger partial charge in [-0.15, -0.1) is 11.8 Å². The van der Waals surface area contributed by atoms with Crippen molar-refractivity contribution in [1.82, 2.24) is 10.6 Å². The predicted octanol–water partition coefficient (Wildman–Crippen LogP) is -0.930. The molecule has 0 aliphatic carbocycles. The van der Waals surface area contributed by atoms with E-state index in [0.29, 0.717) is 25.0 Å². The normalized spacial score (nSPS) is 27.5. The zero-order valence-corrected chi connectivity index (χ0v) is 9.05. The van der Waals surface area contributed by atoms with Crippen LogP contribution in [-0.4, -0.2) is 50.0 Å². The van der Waals surface area contributed by atoms with Crippen LogP contribution in [0.3, 0.4) is 0 Å². The molecule has 2 fully saturated rings. The molecule has 2 aliphatic rings. The average Bonchev–Trinajstić information content (AvgIpc) is 3.04. The summed E-state index contributed by atoms with van der Waals surface area (Å²) in [5.41, 5.74) is 0. The molecule has 2 N–H and O–H groups in total. The molecule has 2 atom stereocenters. The first-order valence-electron chi connectivity index (χ1n) is 4.76. The minimum atomic E-state index is -0.0484. The smallest absolute Gasteiger partial charge is 0.232 e. The van der Waals surface area contributed by atoms with E-state index < -0.39 is 0 Å². The molecule has 15 heavy (non-hydrogen) atoms. The predicted molar refractivity (Wildman–Crippen MR) is 54.0 cm³/mol. The van der Waals surface area contributed by atoms with E-state index in [2.05, 4.69) is 10.6 Å². The molecule has 0 spiro atoms. The Bertz CT molecular complexity index is 221. The van der Waals surface area contributed by atoms with Crippen molar-refractivity contribution in [1.29, 1.82) is 0 Å². The first-order valence-corrected chi connectivity index (χ1v) is 5.91. The first-order chi connectivity index (χ1) is 7.34. The molecular formula is C8H14N2O4S. The molecule has 0 aromatic carbocycles. The van der Waals surface area contributed by atoms with Gasteiger partial charge in [0.2, 0.25) is 5.91 Å². The van der Waals surface area contributed by atoms with Gasteiger partial charge in [-0.3, -0.25) is 10.1 Å². The summed E-state index contributed by atoms with van der Waals surface area (Å²) in [7, 11) is 0. The monoisotopic (exact) mass is 234 g/mol. The maximum atomic E-state index is 11.1. The minimum Gasteiger partial charge on any atom is -0.357 e. The molecular weight excluding hydrogens is 220 g/mol. The fourth-order valence-corrected chi connectivity index (χ4v) is 1.46. The lowest BCUT2D eigenvalue weighted by Crippen LogP contribution is -2.28. The van der Waals surface area contributed by atoms with Crippen LogP contribution in [-0.2, 0) is 19.0 Å². The number of amides is 1. The summed E-state index contributed by atoms with van der Waals surface area (Å²) in [5, 5.41) is 5.71. The van der Waals surface area contributed by atoms with Crippen molar-refractivity contribution < 1.29 is 19.0 Å². The van der Waals surface area contributed by atoms with Gasteiger partial charge in [-0.05, 0) is 0 Å². The number of thioether (sulfide) groups is 1. The molecule has 2 saturated heterocycles. The van der Waals surface area contributed by atoms with Crippen LogP contribution in [0.1, 0.15) is 0 Å². The Hall–Kier alpha value is -0.340. The third-order valence-electron chi connectivity index (χ3n) is 1.80. The highest BCUT2D eigenvalue weighted by Gasteiger charge is 2.24. The Morgan fingerprint density at radius 1 is 1.40 bits per heavy atom. The molecule has 0 saturated carbocycles. The average molecular weight is 234 g/mol. The number of carbonyl (C=O) groups is 1. The molecule has 2 unspecified atom stereocenters. The van der Waals surface area contributed by atoms with E-state index in [1.54, 1.807) is 0 Å². The van der Waals surface area contributed by atoms with Crippen molar-refractivity contribution in [2.45, 2.75) is 12.5 Å². The minimum absolute atomic E-state index is 0.00964. The third-order valence-corrected chi connectivity index (χ3v) is 2.60. The molecule has 0 aromatic heterocycles. The van der Waals surface area contributed by atoms with Crippen LogP contribution in [0.25, 0.3) is 0 Å². The fourth-order valence-electron chi connectivity index (χ4n) is 0.905. The fraction of sp³-hybridized carbons (Fsp3) is 0.875. The number of rotatable bonds is 8. The number of hydrogen-bond donors (Lipinski definition) is 2. The summed E-state index contributed by atoms with van der Waals surface area (Å²) in [6.07, 6.45) is 0.123. The van der Waals surface area contributed by atoms with Crippen LogP contribution in [0.15, 0.2) is 0 Å². The number of nitrogens with one attached hydrogen (secondary N) is 2. The van der Waals surface area contributed by atoms with E-state index in [4.69, 9.17) is 14.2 Å². The maximum absolute atomic E-state index is 11.1. The molecule has 2 aliphatic heterocycles. The van der Waals surface area contributed by atoms with Gasteiger partial charge < -0.3 is 19.5 Å². The van der Waals surface area contributed by atoms with Crippen molar-refractivity contribution >= 4 is 17.7 Å². The lowest BCUT2D eigenvalue weighted by Gasteiger charge is -2.04. The summed E-state index contributed by atoms with van der Waals surface area (Å²) < 4.78 is 15.0. The quantitative estimate of drug-likeness (QED) is 0.321. The lowest BCUT2D eigenvalue weighted by molar-refractivity contribution is -0.119. The van der Waals surface area contributed by atoms with Crippen LogP contribution in [0.2, 0.25) is 0 Å². The summed E-state index contributed by atoms with van der Waals surface area (Å²) in [5.74, 6) is 0.892. The van der Waals surface area contributed by atoms with E-state index >= 15 is 0 Å². The number of ether oxygens (including phenoxy) is 3. The number of epoxide rings is 2. The summed E-state index contributed by atoms with van der Waals surface area (Å²) in [6, 6.07) is 0. The molecule has 0 aromatic rings. The first kappa shape index (κ1) is 11.2. The van der Waals surface area contributed by atoms with Gasteiger partial charge in [0.1, 0.15) is 6.23 Å². The largest absolute Gasteiger partial charge is 0.357 e.